The summed E-state index contributed by atoms with van der Waals surface area (Å²) < 4.78 is 0. The maximum Gasteiger partial charge on any atom is 0 e. The zero-order valence-corrected chi connectivity index (χ0v) is 12.9. The molecular formula is C16H16V2. The monoisotopic (exact) mass is 310 g/mol. The molecule has 0 aromatic heterocycles. The Bertz CT molecular complexity index is 88.3. The summed E-state index contributed by atoms with van der Waals surface area (Å²) in [6.45, 7) is 0. The minimum Gasteiger partial charge on any atom is -0.0312 e. The largest absolute Gasteiger partial charge is 0.0312 e. The summed E-state index contributed by atoms with van der Waals surface area (Å²) in [6.07, 6.45) is 32.0. The van der Waals surface area contributed by atoms with E-state index in [1.165, 1.54) is 0 Å². The molecule has 3 fully saturated rings. The molecule has 0 nitrogen and oxygen atoms in total. The van der Waals surface area contributed by atoms with Crippen molar-refractivity contribution in [1.82, 2.24) is 0 Å². The van der Waals surface area contributed by atoms with Crippen LogP contribution in [-0.4, -0.2) is 0 Å². The van der Waals surface area contributed by atoms with Crippen LogP contribution in [0.5, 0.6) is 0 Å². The van der Waals surface area contributed by atoms with Crippen molar-refractivity contribution >= 4 is 0 Å². The maximum absolute atomic E-state index is 2.00. The maximum atomic E-state index is 2.00. The molecule has 90 valence electrons. The third-order valence-electron chi connectivity index (χ3n) is 1.78. The fourth-order valence-corrected chi connectivity index (χ4v) is 1.03. The molecule has 0 amide bonds. The second-order valence-corrected chi connectivity index (χ2v) is 3.08. The molecule has 0 atom stereocenters. The van der Waals surface area contributed by atoms with Gasteiger partial charge in [-0.25, -0.2) is 0 Å². The van der Waals surface area contributed by atoms with Gasteiger partial charge in [-0.1, -0.05) is 0 Å². The van der Waals surface area contributed by atoms with Crippen LogP contribution in [0.15, 0.2) is 0 Å². The van der Waals surface area contributed by atoms with Gasteiger partial charge in [0.25, 0.3) is 0 Å². The molecular weight excluding hydrogens is 294 g/mol. The number of hydrogen-bond donors (Lipinski definition) is 0. The van der Waals surface area contributed by atoms with E-state index >= 15 is 0 Å². The third kappa shape index (κ3) is 15.2. The SMILES string of the molecule is [CH]1[CH][CH][CH][CH]1.[CH]1[CH][CH][CH][CH]1.[CH]1[CH][CH][CH][CH][CH]1.[V].[V]. The van der Waals surface area contributed by atoms with E-state index < -0.39 is 0 Å². The quantitative estimate of drug-likeness (QED) is 0.644. The average Bonchev–Trinajstić information content (AvgIpc) is 3.10. The van der Waals surface area contributed by atoms with Crippen LogP contribution in [0.3, 0.4) is 0 Å². The Morgan fingerprint density at radius 2 is 0.222 bits per heavy atom. The molecule has 0 aliphatic heterocycles. The molecule has 0 saturated heterocycles. The molecule has 3 saturated carbocycles. The topological polar surface area (TPSA) is 0 Å². The van der Waals surface area contributed by atoms with E-state index in [1.54, 1.807) is 0 Å². The zero-order valence-electron chi connectivity index (χ0n) is 10.1. The molecule has 18 heavy (non-hydrogen) atoms. The van der Waals surface area contributed by atoms with Gasteiger partial charge < -0.3 is 0 Å². The van der Waals surface area contributed by atoms with Gasteiger partial charge in [0.15, 0.2) is 0 Å². The van der Waals surface area contributed by atoms with Crippen molar-refractivity contribution in [3.8, 4) is 0 Å². The summed E-state index contributed by atoms with van der Waals surface area (Å²) in [5.41, 5.74) is 0. The Kier molecular flexibility index (Phi) is 21.7. The van der Waals surface area contributed by atoms with Crippen molar-refractivity contribution in [2.75, 3.05) is 0 Å². The van der Waals surface area contributed by atoms with Gasteiger partial charge in [0.05, 0.1) is 0 Å². The molecule has 0 N–H and O–H groups in total. The van der Waals surface area contributed by atoms with Crippen LogP contribution < -0.4 is 0 Å². The van der Waals surface area contributed by atoms with Crippen LogP contribution in [-0.2, 0) is 37.1 Å². The molecule has 18 radical (unpaired) electrons. The van der Waals surface area contributed by atoms with E-state index in [9.17, 15) is 0 Å². The van der Waals surface area contributed by atoms with Crippen molar-refractivity contribution in [1.29, 1.82) is 0 Å². The Morgan fingerprint density at radius 1 is 0.167 bits per heavy atom. The third-order valence-corrected chi connectivity index (χ3v) is 1.78. The van der Waals surface area contributed by atoms with Gasteiger partial charge in [0.1, 0.15) is 0 Å². The summed E-state index contributed by atoms with van der Waals surface area (Å²) in [5, 5.41) is 0. The van der Waals surface area contributed by atoms with E-state index in [4.69, 9.17) is 0 Å². The minimum absolute atomic E-state index is 0. The normalized spacial score (nSPS) is 21.3. The second-order valence-electron chi connectivity index (χ2n) is 3.08. The van der Waals surface area contributed by atoms with Gasteiger partial charge >= 0.3 is 0 Å². The average molecular weight is 310 g/mol. The first kappa shape index (κ1) is 21.5. The van der Waals surface area contributed by atoms with Crippen molar-refractivity contribution in [2.45, 2.75) is 0 Å². The van der Waals surface area contributed by atoms with Crippen molar-refractivity contribution in [3.63, 3.8) is 0 Å². The van der Waals surface area contributed by atoms with Crippen LogP contribution in [0.2, 0.25) is 0 Å². The summed E-state index contributed by atoms with van der Waals surface area (Å²) in [4.78, 5) is 0. The summed E-state index contributed by atoms with van der Waals surface area (Å²) in [6, 6.07) is 0. The molecule has 0 spiro atoms. The van der Waals surface area contributed by atoms with Crippen LogP contribution in [0.25, 0.3) is 0 Å². The van der Waals surface area contributed by atoms with E-state index in [0.29, 0.717) is 0 Å². The molecule has 0 aromatic carbocycles. The van der Waals surface area contributed by atoms with Gasteiger partial charge in [-0.15, -0.1) is 0 Å². The minimum atomic E-state index is 0. The zero-order chi connectivity index (χ0) is 11.3. The van der Waals surface area contributed by atoms with Gasteiger partial charge in [0.2, 0.25) is 0 Å². The predicted molar refractivity (Wildman–Crippen MR) is 68.8 cm³/mol. The second kappa shape index (κ2) is 18.2. The Hall–Kier alpha value is 1.17. The van der Waals surface area contributed by atoms with Crippen LogP contribution in [0.4, 0.5) is 0 Å². The fourth-order valence-electron chi connectivity index (χ4n) is 1.03. The summed E-state index contributed by atoms with van der Waals surface area (Å²) in [5.74, 6) is 0. The fraction of sp³-hybridized carbons (Fsp3) is 0. The van der Waals surface area contributed by atoms with Gasteiger partial charge in [-0.2, -0.15) is 0 Å². The van der Waals surface area contributed by atoms with Crippen LogP contribution in [0, 0.1) is 103 Å². The molecule has 2 heteroatoms. The molecule has 3 aliphatic rings. The van der Waals surface area contributed by atoms with E-state index in [-0.39, 0.29) is 37.1 Å². The van der Waals surface area contributed by atoms with Gasteiger partial charge in [-0.3, -0.25) is 0 Å². The van der Waals surface area contributed by atoms with E-state index in [1.807, 2.05) is 103 Å². The van der Waals surface area contributed by atoms with Gasteiger partial charge in [-0.05, 0) is 103 Å². The van der Waals surface area contributed by atoms with Crippen LogP contribution >= 0.6 is 0 Å². The predicted octanol–water partition coefficient (Wildman–Crippen LogP) is 3.26. The van der Waals surface area contributed by atoms with Gasteiger partial charge in [0, 0.05) is 37.1 Å². The molecule has 3 rings (SSSR count). The molecule has 0 unspecified atom stereocenters. The Morgan fingerprint density at radius 3 is 0.278 bits per heavy atom. The van der Waals surface area contributed by atoms with Crippen molar-refractivity contribution < 1.29 is 37.1 Å². The van der Waals surface area contributed by atoms with Crippen LogP contribution in [0.1, 0.15) is 0 Å². The smallest absolute Gasteiger partial charge is 0 e. The molecule has 0 heterocycles. The first-order valence-corrected chi connectivity index (χ1v) is 5.33. The number of hydrogen-bond acceptors (Lipinski definition) is 0. The van der Waals surface area contributed by atoms with Crippen molar-refractivity contribution in [2.24, 2.45) is 0 Å². The Balaban J connectivity index is 0. The number of rotatable bonds is 0. The molecule has 0 aromatic rings. The Labute approximate surface area is 139 Å². The van der Waals surface area contributed by atoms with Crippen molar-refractivity contribution in [3.05, 3.63) is 103 Å². The first-order chi connectivity index (χ1) is 8.00. The van der Waals surface area contributed by atoms with E-state index in [0.717, 1.165) is 0 Å². The first-order valence-electron chi connectivity index (χ1n) is 5.33. The molecule has 0 bridgehead atoms. The standard InChI is InChI=1S/C6H6.2C5H5.2V/c1-2-4-6-5-3-1;2*1-2-4-5-3-1;;/h1-6H;2*1-5H;;. The van der Waals surface area contributed by atoms with E-state index in [2.05, 4.69) is 0 Å². The summed E-state index contributed by atoms with van der Waals surface area (Å²) in [7, 11) is 0. The summed E-state index contributed by atoms with van der Waals surface area (Å²) >= 11 is 0. The molecule has 3 aliphatic carbocycles.